The molecule has 1 heterocycles. The molecular formula is C15H27NO4S. The van der Waals surface area contributed by atoms with E-state index in [2.05, 4.69) is 0 Å². The Morgan fingerprint density at radius 3 is 2.19 bits per heavy atom. The van der Waals surface area contributed by atoms with E-state index in [0.29, 0.717) is 13.1 Å². The molecule has 1 aliphatic heterocycles. The van der Waals surface area contributed by atoms with Crippen LogP contribution < -0.4 is 0 Å². The van der Waals surface area contributed by atoms with Crippen LogP contribution in [-0.2, 0) is 14.6 Å². The first-order chi connectivity index (χ1) is 9.68. The highest BCUT2D eigenvalue weighted by Crippen LogP contribution is 2.40. The van der Waals surface area contributed by atoms with E-state index in [-0.39, 0.29) is 28.9 Å². The number of aliphatic hydroxyl groups is 1. The number of likely N-dealkylation sites (tertiary alicyclic amines) is 1. The molecule has 0 aromatic heterocycles. The van der Waals surface area contributed by atoms with E-state index in [1.165, 1.54) is 0 Å². The number of carbonyl (C=O) groups is 1. The molecule has 0 bridgehead atoms. The average molecular weight is 317 g/mol. The van der Waals surface area contributed by atoms with Gasteiger partial charge in [0.05, 0.1) is 11.4 Å². The molecule has 0 unspecified atom stereocenters. The fourth-order valence-corrected chi connectivity index (χ4v) is 4.73. The van der Waals surface area contributed by atoms with Crippen LogP contribution in [0.3, 0.4) is 0 Å². The van der Waals surface area contributed by atoms with Crippen molar-refractivity contribution in [3.05, 3.63) is 0 Å². The molecule has 0 aromatic carbocycles. The van der Waals surface area contributed by atoms with Gasteiger partial charge in [-0.1, -0.05) is 20.8 Å². The summed E-state index contributed by atoms with van der Waals surface area (Å²) in [4.78, 5) is 14.3. The van der Waals surface area contributed by atoms with E-state index in [4.69, 9.17) is 0 Å². The molecular weight excluding hydrogens is 290 g/mol. The van der Waals surface area contributed by atoms with Crippen molar-refractivity contribution in [3.63, 3.8) is 0 Å². The van der Waals surface area contributed by atoms with Crippen molar-refractivity contribution in [2.24, 2.45) is 11.3 Å². The number of aliphatic hydroxyl groups excluding tert-OH is 1. The predicted molar refractivity (Wildman–Crippen MR) is 81.6 cm³/mol. The van der Waals surface area contributed by atoms with Crippen LogP contribution in [-0.4, -0.2) is 54.5 Å². The zero-order chi connectivity index (χ0) is 15.8. The predicted octanol–water partition coefficient (Wildman–Crippen LogP) is 1.21. The lowest BCUT2D eigenvalue weighted by Gasteiger charge is -2.45. The minimum absolute atomic E-state index is 0.0615. The zero-order valence-electron chi connectivity index (χ0n) is 13.2. The Kier molecular flexibility index (Phi) is 4.69. The molecule has 0 spiro atoms. The molecule has 21 heavy (non-hydrogen) atoms. The van der Waals surface area contributed by atoms with Gasteiger partial charge in [0.2, 0.25) is 5.91 Å². The molecule has 0 atom stereocenters. The molecule has 1 saturated carbocycles. The molecule has 122 valence electrons. The second kappa shape index (κ2) is 5.88. The van der Waals surface area contributed by atoms with Crippen LogP contribution in [0, 0.1) is 11.3 Å². The number of carbonyl (C=O) groups excluding carboxylic acids is 1. The number of nitrogens with zero attached hydrogens (tertiary/aromatic N) is 1. The van der Waals surface area contributed by atoms with Gasteiger partial charge in [0.25, 0.3) is 0 Å². The van der Waals surface area contributed by atoms with Crippen LogP contribution in [0.1, 0.15) is 46.5 Å². The topological polar surface area (TPSA) is 74.7 Å². The maximum atomic E-state index is 12.7. The maximum Gasteiger partial charge on any atom is 0.228 e. The molecule has 1 aliphatic carbocycles. The highest BCUT2D eigenvalue weighted by Gasteiger charge is 2.46. The van der Waals surface area contributed by atoms with E-state index < -0.39 is 15.3 Å². The second-order valence-corrected chi connectivity index (χ2v) is 9.58. The molecule has 0 radical (unpaired) electrons. The Morgan fingerprint density at radius 2 is 1.71 bits per heavy atom. The number of sulfone groups is 1. The summed E-state index contributed by atoms with van der Waals surface area (Å²) in [7, 11) is -3.03. The number of rotatable bonds is 4. The molecule has 6 heteroatoms. The maximum absolute atomic E-state index is 12.7. The monoisotopic (exact) mass is 317 g/mol. The van der Waals surface area contributed by atoms with E-state index >= 15 is 0 Å². The lowest BCUT2D eigenvalue weighted by molar-refractivity contribution is -0.148. The Labute approximate surface area is 127 Å². The van der Waals surface area contributed by atoms with Crippen molar-refractivity contribution >= 4 is 15.7 Å². The first kappa shape index (κ1) is 16.7. The van der Waals surface area contributed by atoms with Crippen LogP contribution >= 0.6 is 0 Å². The smallest absolute Gasteiger partial charge is 0.228 e. The van der Waals surface area contributed by atoms with Gasteiger partial charge in [0.1, 0.15) is 0 Å². The summed E-state index contributed by atoms with van der Waals surface area (Å²) in [6, 6.07) is 0. The Bertz CT molecular complexity index is 486. The van der Waals surface area contributed by atoms with E-state index in [0.717, 1.165) is 25.7 Å². The van der Waals surface area contributed by atoms with Gasteiger partial charge in [-0.2, -0.15) is 0 Å². The van der Waals surface area contributed by atoms with Gasteiger partial charge < -0.3 is 10.0 Å². The van der Waals surface area contributed by atoms with E-state index in [1.54, 1.807) is 11.8 Å². The summed E-state index contributed by atoms with van der Waals surface area (Å²) < 4.78 is 23.5. The van der Waals surface area contributed by atoms with Crippen molar-refractivity contribution in [2.75, 3.05) is 18.8 Å². The summed E-state index contributed by atoms with van der Waals surface area (Å²) in [5, 5.41) is 9.21. The van der Waals surface area contributed by atoms with Crippen molar-refractivity contribution in [1.82, 2.24) is 4.90 Å². The average Bonchev–Trinajstić information content (AvgIpc) is 2.37. The van der Waals surface area contributed by atoms with Crippen LogP contribution in [0.25, 0.3) is 0 Å². The Balaban J connectivity index is 1.95. The minimum atomic E-state index is -3.03. The summed E-state index contributed by atoms with van der Waals surface area (Å²) in [6.45, 7) is 6.25. The first-order valence-corrected chi connectivity index (χ1v) is 9.59. The van der Waals surface area contributed by atoms with Crippen molar-refractivity contribution < 1.29 is 18.3 Å². The third-order valence-electron chi connectivity index (χ3n) is 5.31. The zero-order valence-corrected chi connectivity index (χ0v) is 14.0. The Hall–Kier alpha value is -0.620. The third kappa shape index (κ3) is 3.26. The highest BCUT2D eigenvalue weighted by molar-refractivity contribution is 7.92. The molecule has 2 aliphatic rings. The van der Waals surface area contributed by atoms with Gasteiger partial charge in [-0.3, -0.25) is 4.79 Å². The lowest BCUT2D eigenvalue weighted by atomic mass is 9.69. The van der Waals surface area contributed by atoms with Crippen LogP contribution in [0.4, 0.5) is 0 Å². The van der Waals surface area contributed by atoms with Crippen molar-refractivity contribution in [2.45, 2.75) is 57.8 Å². The summed E-state index contributed by atoms with van der Waals surface area (Å²) in [6.07, 6.45) is 3.02. The standard InChI is InChI=1S/C15H27NO4S/c1-4-21(19,20)13-9-16(10-13)14(18)15(2,3)11-5-7-12(17)8-6-11/h11-13,17H,4-10H2,1-3H3. The normalized spacial score (nSPS) is 28.3. The molecule has 5 nitrogen and oxygen atoms in total. The van der Waals surface area contributed by atoms with Gasteiger partial charge in [-0.05, 0) is 31.6 Å². The SMILES string of the molecule is CCS(=O)(=O)C1CN(C(=O)C(C)(C)C2CCC(O)CC2)C1. The van der Waals surface area contributed by atoms with Gasteiger partial charge in [0.15, 0.2) is 9.84 Å². The van der Waals surface area contributed by atoms with Crippen LogP contribution in [0.2, 0.25) is 0 Å². The third-order valence-corrected chi connectivity index (χ3v) is 7.43. The molecule has 2 rings (SSSR count). The molecule has 1 saturated heterocycles. The minimum Gasteiger partial charge on any atom is -0.393 e. The van der Waals surface area contributed by atoms with E-state index in [9.17, 15) is 18.3 Å². The number of amides is 1. The van der Waals surface area contributed by atoms with Crippen molar-refractivity contribution in [3.8, 4) is 0 Å². The second-order valence-electron chi connectivity index (χ2n) is 7.01. The fourth-order valence-electron chi connectivity index (χ4n) is 3.45. The summed E-state index contributed by atoms with van der Waals surface area (Å²) in [5.74, 6) is 0.477. The lowest BCUT2D eigenvalue weighted by Crippen LogP contribution is -2.60. The molecule has 2 fully saturated rings. The highest BCUT2D eigenvalue weighted by atomic mass is 32.2. The van der Waals surface area contributed by atoms with Gasteiger partial charge in [0, 0.05) is 24.3 Å². The van der Waals surface area contributed by atoms with Crippen molar-refractivity contribution in [1.29, 1.82) is 0 Å². The largest absolute Gasteiger partial charge is 0.393 e. The first-order valence-electron chi connectivity index (χ1n) is 7.87. The van der Waals surface area contributed by atoms with Crippen LogP contribution in [0.15, 0.2) is 0 Å². The van der Waals surface area contributed by atoms with Gasteiger partial charge >= 0.3 is 0 Å². The van der Waals surface area contributed by atoms with Gasteiger partial charge in [-0.25, -0.2) is 8.42 Å². The number of hydrogen-bond acceptors (Lipinski definition) is 4. The van der Waals surface area contributed by atoms with Crippen LogP contribution in [0.5, 0.6) is 0 Å². The summed E-state index contributed by atoms with van der Waals surface area (Å²) >= 11 is 0. The molecule has 1 amide bonds. The number of hydrogen-bond donors (Lipinski definition) is 1. The fraction of sp³-hybridized carbons (Fsp3) is 0.933. The Morgan fingerprint density at radius 1 is 1.19 bits per heavy atom. The van der Waals surface area contributed by atoms with E-state index in [1.807, 2.05) is 13.8 Å². The van der Waals surface area contributed by atoms with Gasteiger partial charge in [-0.15, -0.1) is 0 Å². The molecule has 0 aromatic rings. The molecule has 1 N–H and O–H groups in total. The summed E-state index contributed by atoms with van der Waals surface area (Å²) in [5.41, 5.74) is -0.471. The quantitative estimate of drug-likeness (QED) is 0.846.